The van der Waals surface area contributed by atoms with Gasteiger partial charge in [0, 0.05) is 12.6 Å². The van der Waals surface area contributed by atoms with Crippen molar-refractivity contribution in [2.75, 3.05) is 0 Å². The second-order valence-electron chi connectivity index (χ2n) is 2.77. The molecule has 1 heterocycles. The van der Waals surface area contributed by atoms with E-state index in [2.05, 4.69) is 11.6 Å². The minimum atomic E-state index is -1.32. The van der Waals surface area contributed by atoms with Crippen molar-refractivity contribution in [3.8, 4) is 0 Å². The lowest BCUT2D eigenvalue weighted by molar-refractivity contribution is 1.09. The third-order valence-electron chi connectivity index (χ3n) is 1.55. The molecule has 76 valence electrons. The first-order chi connectivity index (χ1) is 6.38. The Kier molecular flexibility index (Phi) is 4.08. The lowest BCUT2D eigenvalue weighted by atomic mass is 10.1. The van der Waals surface area contributed by atoms with E-state index in [0.717, 1.165) is 5.56 Å². The summed E-state index contributed by atoms with van der Waals surface area (Å²) in [6.45, 7) is 3.80. The molecule has 0 atom stereocenters. The van der Waals surface area contributed by atoms with E-state index in [1.54, 1.807) is 18.3 Å². The van der Waals surface area contributed by atoms with E-state index < -0.39 is 3.79 Å². The van der Waals surface area contributed by atoms with E-state index in [4.69, 9.17) is 46.4 Å². The highest BCUT2D eigenvalue weighted by molar-refractivity contribution is 6.67. The molecule has 0 spiro atoms. The zero-order chi connectivity index (χ0) is 10.8. The number of hydrogen-bond acceptors (Lipinski definition) is 1. The van der Waals surface area contributed by atoms with Crippen LogP contribution in [0.5, 0.6) is 0 Å². The molecule has 14 heavy (non-hydrogen) atoms. The fraction of sp³-hybridized carbons (Fsp3) is 0.222. The fourth-order valence-electron chi connectivity index (χ4n) is 0.929. The third kappa shape index (κ3) is 4.05. The standard InChI is InChI=1S/C9H7Cl4N/c1-6(4-9(11,12)13)7-2-3-8(10)14-5-7/h2-3,5H,1,4H2. The van der Waals surface area contributed by atoms with Crippen LogP contribution >= 0.6 is 46.4 Å². The van der Waals surface area contributed by atoms with Gasteiger partial charge in [0.15, 0.2) is 3.79 Å². The molecule has 0 amide bonds. The molecule has 0 aliphatic carbocycles. The maximum absolute atomic E-state index is 5.63. The van der Waals surface area contributed by atoms with E-state index in [-0.39, 0.29) is 6.42 Å². The van der Waals surface area contributed by atoms with Crippen molar-refractivity contribution in [2.45, 2.75) is 10.2 Å². The van der Waals surface area contributed by atoms with Gasteiger partial charge in [-0.05, 0) is 17.2 Å². The van der Waals surface area contributed by atoms with Gasteiger partial charge >= 0.3 is 0 Å². The smallest absolute Gasteiger partial charge is 0.194 e. The Morgan fingerprint density at radius 3 is 2.43 bits per heavy atom. The van der Waals surface area contributed by atoms with Crippen LogP contribution in [0.15, 0.2) is 24.9 Å². The summed E-state index contributed by atoms with van der Waals surface area (Å²) in [5, 5.41) is 0.426. The quantitative estimate of drug-likeness (QED) is 0.569. The summed E-state index contributed by atoms with van der Waals surface area (Å²) in [6, 6.07) is 3.45. The second-order valence-corrected chi connectivity index (χ2v) is 5.67. The number of hydrogen-bond donors (Lipinski definition) is 0. The highest BCUT2D eigenvalue weighted by Gasteiger charge is 2.21. The molecule has 0 saturated heterocycles. The highest BCUT2D eigenvalue weighted by Crippen LogP contribution is 2.35. The first-order valence-electron chi connectivity index (χ1n) is 3.75. The van der Waals surface area contributed by atoms with E-state index in [0.29, 0.717) is 10.7 Å². The molecule has 0 bridgehead atoms. The van der Waals surface area contributed by atoms with Crippen LogP contribution in [0.1, 0.15) is 12.0 Å². The van der Waals surface area contributed by atoms with Crippen LogP contribution < -0.4 is 0 Å². The molecule has 1 aromatic heterocycles. The predicted octanol–water partition coefficient (Wildman–Crippen LogP) is 4.51. The number of pyridine rings is 1. The van der Waals surface area contributed by atoms with Gasteiger partial charge in [-0.15, -0.1) is 0 Å². The van der Waals surface area contributed by atoms with Gasteiger partial charge in [0.05, 0.1) is 0 Å². The number of rotatable bonds is 2. The van der Waals surface area contributed by atoms with Crippen LogP contribution in [0, 0.1) is 0 Å². The first-order valence-corrected chi connectivity index (χ1v) is 5.26. The molecular formula is C9H7Cl4N. The van der Waals surface area contributed by atoms with Gasteiger partial charge in [0.2, 0.25) is 0 Å². The molecular weight excluding hydrogens is 264 g/mol. The number of allylic oxidation sites excluding steroid dienone is 1. The molecule has 0 unspecified atom stereocenters. The Labute approximate surface area is 103 Å². The average Bonchev–Trinajstić information content (AvgIpc) is 2.02. The maximum Gasteiger partial charge on any atom is 0.194 e. The summed E-state index contributed by atoms with van der Waals surface area (Å²) < 4.78 is -1.32. The van der Waals surface area contributed by atoms with Gasteiger partial charge in [0.25, 0.3) is 0 Å². The van der Waals surface area contributed by atoms with Gasteiger partial charge in [-0.3, -0.25) is 0 Å². The van der Waals surface area contributed by atoms with Crippen molar-refractivity contribution in [3.63, 3.8) is 0 Å². The summed E-state index contributed by atoms with van der Waals surface area (Å²) in [5.41, 5.74) is 1.54. The average molecular weight is 271 g/mol. The van der Waals surface area contributed by atoms with Crippen LogP contribution in [0.25, 0.3) is 5.57 Å². The van der Waals surface area contributed by atoms with Gasteiger partial charge < -0.3 is 0 Å². The topological polar surface area (TPSA) is 12.9 Å². The Balaban J connectivity index is 2.76. The molecule has 0 N–H and O–H groups in total. The Morgan fingerprint density at radius 1 is 1.36 bits per heavy atom. The minimum absolute atomic E-state index is 0.265. The van der Waals surface area contributed by atoms with Crippen molar-refractivity contribution in [1.29, 1.82) is 0 Å². The van der Waals surface area contributed by atoms with Gasteiger partial charge in [-0.25, -0.2) is 4.98 Å². The molecule has 0 saturated carbocycles. The molecule has 1 rings (SSSR count). The summed E-state index contributed by atoms with van der Waals surface area (Å²) >= 11 is 22.5. The first kappa shape index (κ1) is 12.1. The third-order valence-corrected chi connectivity index (χ3v) is 2.17. The number of halogens is 4. The van der Waals surface area contributed by atoms with E-state index in [9.17, 15) is 0 Å². The van der Waals surface area contributed by atoms with Crippen LogP contribution in [-0.4, -0.2) is 8.78 Å². The monoisotopic (exact) mass is 269 g/mol. The molecule has 0 fully saturated rings. The van der Waals surface area contributed by atoms with Crippen LogP contribution in [-0.2, 0) is 0 Å². The van der Waals surface area contributed by atoms with Crippen molar-refractivity contribution < 1.29 is 0 Å². The van der Waals surface area contributed by atoms with Gasteiger partial charge in [-0.1, -0.05) is 59.0 Å². The summed E-state index contributed by atoms with van der Waals surface area (Å²) in [6.07, 6.45) is 1.86. The number of aromatic nitrogens is 1. The zero-order valence-corrected chi connectivity index (χ0v) is 10.1. The largest absolute Gasteiger partial charge is 0.244 e. The SMILES string of the molecule is C=C(CC(Cl)(Cl)Cl)c1ccc(Cl)nc1. The lowest BCUT2D eigenvalue weighted by Crippen LogP contribution is -2.02. The van der Waals surface area contributed by atoms with Crippen LogP contribution in [0.4, 0.5) is 0 Å². The maximum atomic E-state index is 5.63. The molecule has 0 aliphatic heterocycles. The predicted molar refractivity (Wildman–Crippen MR) is 63.2 cm³/mol. The van der Waals surface area contributed by atoms with Crippen LogP contribution in [0.3, 0.4) is 0 Å². The van der Waals surface area contributed by atoms with Gasteiger partial charge in [-0.2, -0.15) is 0 Å². The molecule has 1 nitrogen and oxygen atoms in total. The number of alkyl halides is 3. The van der Waals surface area contributed by atoms with Crippen molar-refractivity contribution >= 4 is 52.0 Å². The number of nitrogens with zero attached hydrogens (tertiary/aromatic N) is 1. The molecule has 0 aliphatic rings. The molecule has 5 heteroatoms. The molecule has 0 aromatic carbocycles. The van der Waals surface area contributed by atoms with E-state index >= 15 is 0 Å². The van der Waals surface area contributed by atoms with Gasteiger partial charge in [0.1, 0.15) is 5.15 Å². The zero-order valence-electron chi connectivity index (χ0n) is 7.11. The van der Waals surface area contributed by atoms with Crippen molar-refractivity contribution in [2.24, 2.45) is 0 Å². The van der Waals surface area contributed by atoms with Crippen molar-refractivity contribution in [3.05, 3.63) is 35.6 Å². The Bertz CT molecular complexity index is 326. The van der Waals surface area contributed by atoms with Crippen LogP contribution in [0.2, 0.25) is 5.15 Å². The molecule has 1 aromatic rings. The fourth-order valence-corrected chi connectivity index (χ4v) is 1.52. The Morgan fingerprint density at radius 2 is 2.00 bits per heavy atom. The summed E-state index contributed by atoms with van der Waals surface area (Å²) in [5.74, 6) is 0. The van der Waals surface area contributed by atoms with E-state index in [1.807, 2.05) is 0 Å². The minimum Gasteiger partial charge on any atom is -0.244 e. The lowest BCUT2D eigenvalue weighted by Gasteiger charge is -2.12. The Hall–Kier alpha value is 0.0500. The second kappa shape index (κ2) is 4.71. The summed E-state index contributed by atoms with van der Waals surface area (Å²) in [4.78, 5) is 3.91. The normalized spacial score (nSPS) is 11.4. The van der Waals surface area contributed by atoms with E-state index in [1.165, 1.54) is 0 Å². The summed E-state index contributed by atoms with van der Waals surface area (Å²) in [7, 11) is 0. The van der Waals surface area contributed by atoms with Crippen molar-refractivity contribution in [1.82, 2.24) is 4.98 Å². The molecule has 0 radical (unpaired) electrons. The highest BCUT2D eigenvalue weighted by atomic mass is 35.6.